The molecular formula is C15H15O. The van der Waals surface area contributed by atoms with Gasteiger partial charge in [0, 0.05) is 7.11 Å². The largest absolute Gasteiger partial charge is 0.377 e. The Hall–Kier alpha value is -1.60. The molecule has 0 aliphatic carbocycles. The second-order valence-corrected chi connectivity index (χ2v) is 3.68. The van der Waals surface area contributed by atoms with Crippen LogP contribution in [-0.2, 0) is 4.74 Å². The molecule has 0 aromatic heterocycles. The Morgan fingerprint density at radius 2 is 1.56 bits per heavy atom. The van der Waals surface area contributed by atoms with E-state index >= 15 is 0 Å². The molecular weight excluding hydrogens is 196 g/mol. The molecule has 1 unspecified atom stereocenters. The summed E-state index contributed by atoms with van der Waals surface area (Å²) in [5, 5.41) is 0. The first kappa shape index (κ1) is 10.9. The van der Waals surface area contributed by atoms with Crippen LogP contribution in [0, 0.1) is 6.92 Å². The predicted octanol–water partition coefficient (Wildman–Crippen LogP) is 3.88. The van der Waals surface area contributed by atoms with Crippen molar-refractivity contribution in [3.8, 4) is 11.1 Å². The maximum atomic E-state index is 5.29. The number of hydrogen-bond acceptors (Lipinski definition) is 1. The van der Waals surface area contributed by atoms with Gasteiger partial charge in [-0.1, -0.05) is 54.6 Å². The molecule has 0 bridgehead atoms. The molecule has 2 rings (SSSR count). The molecule has 0 aliphatic heterocycles. The van der Waals surface area contributed by atoms with Gasteiger partial charge in [0.05, 0.1) is 6.10 Å². The van der Waals surface area contributed by atoms with Crippen molar-refractivity contribution in [3.63, 3.8) is 0 Å². The molecule has 0 aliphatic rings. The van der Waals surface area contributed by atoms with E-state index in [4.69, 9.17) is 4.74 Å². The summed E-state index contributed by atoms with van der Waals surface area (Å²) >= 11 is 0. The van der Waals surface area contributed by atoms with Crippen LogP contribution in [0.1, 0.15) is 11.7 Å². The first-order chi connectivity index (χ1) is 7.83. The van der Waals surface area contributed by atoms with Crippen LogP contribution in [-0.4, -0.2) is 7.11 Å². The highest BCUT2D eigenvalue weighted by molar-refractivity contribution is 5.67. The van der Waals surface area contributed by atoms with E-state index in [2.05, 4.69) is 31.2 Å². The van der Waals surface area contributed by atoms with E-state index in [0.29, 0.717) is 0 Å². The molecule has 2 aromatic rings. The highest BCUT2D eigenvalue weighted by atomic mass is 16.5. The lowest BCUT2D eigenvalue weighted by molar-refractivity contribution is 0.141. The van der Waals surface area contributed by atoms with Crippen molar-refractivity contribution >= 4 is 0 Å². The molecule has 0 saturated carbocycles. The molecule has 16 heavy (non-hydrogen) atoms. The van der Waals surface area contributed by atoms with Crippen LogP contribution >= 0.6 is 0 Å². The van der Waals surface area contributed by atoms with E-state index in [1.165, 1.54) is 11.1 Å². The van der Waals surface area contributed by atoms with Gasteiger partial charge in [-0.25, -0.2) is 0 Å². The molecule has 0 saturated heterocycles. The third kappa shape index (κ3) is 2.15. The standard InChI is InChI=1S/C15H15O/c1-12(16-2)14-10-6-7-11-15(14)13-8-4-3-5-9-13/h3-12H,1H2,2H3. The van der Waals surface area contributed by atoms with E-state index in [-0.39, 0.29) is 6.10 Å². The second kappa shape index (κ2) is 4.95. The number of methoxy groups -OCH3 is 1. The summed E-state index contributed by atoms with van der Waals surface area (Å²) in [6.45, 7) is 3.99. The SMILES string of the molecule is [CH2]C(OC)c1ccccc1-c1ccccc1. The molecule has 0 spiro atoms. The Bertz CT molecular complexity index is 448. The predicted molar refractivity (Wildman–Crippen MR) is 67.0 cm³/mol. The lowest BCUT2D eigenvalue weighted by Gasteiger charge is -2.14. The van der Waals surface area contributed by atoms with Crippen molar-refractivity contribution in [1.82, 2.24) is 0 Å². The normalized spacial score (nSPS) is 12.4. The van der Waals surface area contributed by atoms with Crippen molar-refractivity contribution in [2.24, 2.45) is 0 Å². The Kier molecular flexibility index (Phi) is 3.37. The Morgan fingerprint density at radius 1 is 0.938 bits per heavy atom. The van der Waals surface area contributed by atoms with Gasteiger partial charge in [0.1, 0.15) is 0 Å². The zero-order chi connectivity index (χ0) is 11.4. The molecule has 1 radical (unpaired) electrons. The van der Waals surface area contributed by atoms with Crippen LogP contribution in [0.2, 0.25) is 0 Å². The topological polar surface area (TPSA) is 9.23 Å². The summed E-state index contributed by atoms with van der Waals surface area (Å²) < 4.78 is 5.29. The van der Waals surface area contributed by atoms with Gasteiger partial charge < -0.3 is 4.74 Å². The zero-order valence-corrected chi connectivity index (χ0v) is 9.39. The number of rotatable bonds is 3. The third-order valence-electron chi connectivity index (χ3n) is 2.68. The monoisotopic (exact) mass is 211 g/mol. The van der Waals surface area contributed by atoms with Crippen LogP contribution < -0.4 is 0 Å². The second-order valence-electron chi connectivity index (χ2n) is 3.68. The van der Waals surface area contributed by atoms with E-state index in [1.54, 1.807) is 7.11 Å². The Balaban J connectivity index is 2.49. The van der Waals surface area contributed by atoms with Crippen LogP contribution in [0.3, 0.4) is 0 Å². The summed E-state index contributed by atoms with van der Waals surface area (Å²) in [6, 6.07) is 18.5. The first-order valence-electron chi connectivity index (χ1n) is 5.33. The van der Waals surface area contributed by atoms with E-state index in [0.717, 1.165) is 5.56 Å². The molecule has 0 N–H and O–H groups in total. The minimum atomic E-state index is -0.128. The fourth-order valence-electron chi connectivity index (χ4n) is 1.79. The van der Waals surface area contributed by atoms with Gasteiger partial charge in [0.2, 0.25) is 0 Å². The smallest absolute Gasteiger partial charge is 0.0828 e. The minimum Gasteiger partial charge on any atom is -0.377 e. The van der Waals surface area contributed by atoms with Gasteiger partial charge in [0.15, 0.2) is 0 Å². The summed E-state index contributed by atoms with van der Waals surface area (Å²) in [4.78, 5) is 0. The molecule has 0 heterocycles. The molecule has 2 aromatic carbocycles. The summed E-state index contributed by atoms with van der Waals surface area (Å²) in [5.74, 6) is 0. The maximum absolute atomic E-state index is 5.29. The van der Waals surface area contributed by atoms with Gasteiger partial charge in [-0.15, -0.1) is 0 Å². The molecule has 1 heteroatoms. The van der Waals surface area contributed by atoms with Gasteiger partial charge in [0.25, 0.3) is 0 Å². The van der Waals surface area contributed by atoms with Crippen LogP contribution in [0.25, 0.3) is 11.1 Å². The van der Waals surface area contributed by atoms with Crippen molar-refractivity contribution in [3.05, 3.63) is 67.1 Å². The van der Waals surface area contributed by atoms with Crippen LogP contribution in [0.5, 0.6) is 0 Å². The van der Waals surface area contributed by atoms with Crippen molar-refractivity contribution in [2.75, 3.05) is 7.11 Å². The molecule has 1 atom stereocenters. The van der Waals surface area contributed by atoms with Crippen LogP contribution in [0.4, 0.5) is 0 Å². The quantitative estimate of drug-likeness (QED) is 0.748. The summed E-state index contributed by atoms with van der Waals surface area (Å²) in [5.41, 5.74) is 3.50. The fraction of sp³-hybridized carbons (Fsp3) is 0.133. The third-order valence-corrected chi connectivity index (χ3v) is 2.68. The lowest BCUT2D eigenvalue weighted by Crippen LogP contribution is -1.98. The number of benzene rings is 2. The maximum Gasteiger partial charge on any atom is 0.0828 e. The first-order valence-corrected chi connectivity index (χ1v) is 5.33. The number of ether oxygens (including phenoxy) is 1. The van der Waals surface area contributed by atoms with E-state index < -0.39 is 0 Å². The summed E-state index contributed by atoms with van der Waals surface area (Å²) in [7, 11) is 1.68. The minimum absolute atomic E-state index is 0.128. The summed E-state index contributed by atoms with van der Waals surface area (Å²) in [6.07, 6.45) is -0.128. The average Bonchev–Trinajstić information content (AvgIpc) is 2.39. The molecule has 81 valence electrons. The Morgan fingerprint density at radius 3 is 2.25 bits per heavy atom. The number of hydrogen-bond donors (Lipinski definition) is 0. The molecule has 1 nitrogen and oxygen atoms in total. The van der Waals surface area contributed by atoms with Crippen molar-refractivity contribution in [1.29, 1.82) is 0 Å². The van der Waals surface area contributed by atoms with Gasteiger partial charge in [-0.05, 0) is 23.6 Å². The van der Waals surface area contributed by atoms with Gasteiger partial charge >= 0.3 is 0 Å². The van der Waals surface area contributed by atoms with Gasteiger partial charge in [-0.3, -0.25) is 0 Å². The molecule has 0 amide bonds. The Labute approximate surface area is 96.7 Å². The average molecular weight is 211 g/mol. The van der Waals surface area contributed by atoms with E-state index in [1.807, 2.05) is 30.3 Å². The van der Waals surface area contributed by atoms with E-state index in [9.17, 15) is 0 Å². The van der Waals surface area contributed by atoms with Crippen molar-refractivity contribution in [2.45, 2.75) is 6.10 Å². The fourth-order valence-corrected chi connectivity index (χ4v) is 1.79. The highest BCUT2D eigenvalue weighted by Crippen LogP contribution is 2.28. The lowest BCUT2D eigenvalue weighted by atomic mass is 9.97. The van der Waals surface area contributed by atoms with Crippen molar-refractivity contribution < 1.29 is 4.74 Å². The zero-order valence-electron chi connectivity index (χ0n) is 9.39. The molecule has 0 fully saturated rings. The van der Waals surface area contributed by atoms with Gasteiger partial charge in [-0.2, -0.15) is 0 Å². The van der Waals surface area contributed by atoms with Crippen LogP contribution in [0.15, 0.2) is 54.6 Å². The highest BCUT2D eigenvalue weighted by Gasteiger charge is 2.09.